The number of hydrogen-bond donors (Lipinski definition) is 1. The van der Waals surface area contributed by atoms with Crippen LogP contribution in [0.2, 0.25) is 0 Å². The zero-order valence-electron chi connectivity index (χ0n) is 16.4. The predicted octanol–water partition coefficient (Wildman–Crippen LogP) is 1.27. The average molecular weight is 448 g/mol. The van der Waals surface area contributed by atoms with E-state index >= 15 is 0 Å². The van der Waals surface area contributed by atoms with Gasteiger partial charge in [0.15, 0.2) is 11.5 Å². The van der Waals surface area contributed by atoms with Crippen molar-refractivity contribution in [3.63, 3.8) is 0 Å². The van der Waals surface area contributed by atoms with Gasteiger partial charge in [-0.25, -0.2) is 8.42 Å². The lowest BCUT2D eigenvalue weighted by molar-refractivity contribution is -0.385. The Hall–Kier alpha value is -3.22. The fourth-order valence-corrected chi connectivity index (χ4v) is 4.87. The number of sulfonamides is 1. The highest BCUT2D eigenvalue weighted by molar-refractivity contribution is 7.89. The second-order valence-electron chi connectivity index (χ2n) is 7.05. The van der Waals surface area contributed by atoms with Crippen LogP contribution in [0.1, 0.15) is 0 Å². The molecule has 2 aliphatic heterocycles. The van der Waals surface area contributed by atoms with E-state index in [0.717, 1.165) is 6.07 Å². The van der Waals surface area contributed by atoms with Gasteiger partial charge in [0.2, 0.25) is 22.7 Å². The number of nitro benzene ring substituents is 1. The van der Waals surface area contributed by atoms with E-state index in [-0.39, 0.29) is 42.9 Å². The molecular weight excluding hydrogens is 428 g/mol. The lowest BCUT2D eigenvalue weighted by atomic mass is 10.2. The number of anilines is 1. The molecule has 0 aliphatic carbocycles. The normalized spacial score (nSPS) is 16.8. The van der Waals surface area contributed by atoms with Crippen molar-refractivity contribution in [2.24, 2.45) is 0 Å². The molecule has 0 saturated carbocycles. The monoisotopic (exact) mass is 448 g/mol. The van der Waals surface area contributed by atoms with E-state index in [9.17, 15) is 23.3 Å². The zero-order chi connectivity index (χ0) is 22.0. The minimum atomic E-state index is -3.85. The van der Waals surface area contributed by atoms with Crippen molar-refractivity contribution in [2.45, 2.75) is 4.90 Å². The molecule has 11 nitrogen and oxygen atoms in total. The summed E-state index contributed by atoms with van der Waals surface area (Å²) in [4.78, 5) is 24.4. The lowest BCUT2D eigenvalue weighted by Gasteiger charge is -2.33. The number of non-ortho nitro benzene ring substituents is 1. The second-order valence-corrected chi connectivity index (χ2v) is 8.99. The number of rotatable bonds is 6. The molecule has 12 heteroatoms. The van der Waals surface area contributed by atoms with Crippen LogP contribution in [0, 0.1) is 10.1 Å². The third kappa shape index (κ3) is 4.60. The summed E-state index contributed by atoms with van der Waals surface area (Å²) in [6, 6.07) is 10.1. The number of benzene rings is 2. The number of carbonyl (C=O) groups is 1. The molecule has 2 aliphatic rings. The average Bonchev–Trinajstić information content (AvgIpc) is 3.22. The largest absolute Gasteiger partial charge is 0.454 e. The first-order chi connectivity index (χ1) is 14.8. The molecule has 1 fully saturated rings. The first-order valence-corrected chi connectivity index (χ1v) is 10.9. The standard InChI is InChI=1S/C19H20N4O7S/c24-19(20-14-4-5-17-18(10-14)30-13-29-17)12-21-6-8-22(9-7-21)31(27,28)16-3-1-2-15(11-16)23(25)26/h1-5,10-11H,6-9,12-13H2,(H,20,24). The van der Waals surface area contributed by atoms with Crippen LogP contribution in [0.5, 0.6) is 11.5 Å². The molecule has 1 amide bonds. The van der Waals surface area contributed by atoms with Gasteiger partial charge in [-0.15, -0.1) is 0 Å². The number of piperazine rings is 1. The summed E-state index contributed by atoms with van der Waals surface area (Å²) in [6.45, 7) is 1.35. The first-order valence-electron chi connectivity index (χ1n) is 9.49. The van der Waals surface area contributed by atoms with Crippen LogP contribution >= 0.6 is 0 Å². The number of ether oxygens (including phenoxy) is 2. The number of fused-ring (bicyclic) bond motifs is 1. The number of nitrogens with zero attached hydrogens (tertiary/aromatic N) is 3. The molecule has 2 aromatic carbocycles. The smallest absolute Gasteiger partial charge is 0.270 e. The van der Waals surface area contributed by atoms with Crippen molar-refractivity contribution < 1.29 is 27.6 Å². The molecule has 164 valence electrons. The Labute approximate surface area is 178 Å². The highest BCUT2D eigenvalue weighted by Crippen LogP contribution is 2.34. The van der Waals surface area contributed by atoms with E-state index in [2.05, 4.69) is 5.32 Å². The summed E-state index contributed by atoms with van der Waals surface area (Å²) in [5.74, 6) is 0.964. The molecule has 4 rings (SSSR count). The lowest BCUT2D eigenvalue weighted by Crippen LogP contribution is -2.50. The predicted molar refractivity (Wildman–Crippen MR) is 109 cm³/mol. The molecule has 0 radical (unpaired) electrons. The van der Waals surface area contributed by atoms with Gasteiger partial charge >= 0.3 is 0 Å². The number of nitro groups is 1. The molecule has 0 spiro atoms. The van der Waals surface area contributed by atoms with Crippen LogP contribution in [-0.4, -0.2) is 68.0 Å². The van der Waals surface area contributed by atoms with E-state index in [1.165, 1.54) is 22.5 Å². The van der Waals surface area contributed by atoms with E-state index in [4.69, 9.17) is 9.47 Å². The second kappa shape index (κ2) is 8.49. The number of hydrogen-bond acceptors (Lipinski definition) is 8. The van der Waals surface area contributed by atoms with Gasteiger partial charge in [-0.05, 0) is 18.2 Å². The first kappa shape index (κ1) is 21.0. The van der Waals surface area contributed by atoms with Crippen LogP contribution in [-0.2, 0) is 14.8 Å². The molecule has 0 aromatic heterocycles. The Morgan fingerprint density at radius 1 is 1.06 bits per heavy atom. The Morgan fingerprint density at radius 3 is 2.55 bits per heavy atom. The highest BCUT2D eigenvalue weighted by atomic mass is 32.2. The molecule has 1 N–H and O–H groups in total. The van der Waals surface area contributed by atoms with Crippen LogP contribution in [0.4, 0.5) is 11.4 Å². The number of carbonyl (C=O) groups excluding carboxylic acids is 1. The maximum atomic E-state index is 12.8. The van der Waals surface area contributed by atoms with Gasteiger partial charge in [-0.1, -0.05) is 6.07 Å². The van der Waals surface area contributed by atoms with E-state index < -0.39 is 14.9 Å². The van der Waals surface area contributed by atoms with Crippen molar-refractivity contribution in [1.82, 2.24) is 9.21 Å². The fraction of sp³-hybridized carbons (Fsp3) is 0.316. The number of amides is 1. The van der Waals surface area contributed by atoms with Crippen molar-refractivity contribution in [2.75, 3.05) is 44.8 Å². The number of nitrogens with one attached hydrogen (secondary N) is 1. The van der Waals surface area contributed by atoms with Crippen molar-refractivity contribution in [3.05, 3.63) is 52.6 Å². The van der Waals surface area contributed by atoms with E-state index in [0.29, 0.717) is 30.3 Å². The van der Waals surface area contributed by atoms with E-state index in [1.54, 1.807) is 18.2 Å². The van der Waals surface area contributed by atoms with Crippen LogP contribution < -0.4 is 14.8 Å². The minimum Gasteiger partial charge on any atom is -0.454 e. The quantitative estimate of drug-likeness (QED) is 0.516. The molecule has 1 saturated heterocycles. The Morgan fingerprint density at radius 2 is 1.81 bits per heavy atom. The molecular formula is C19H20N4O7S. The summed E-state index contributed by atoms with van der Waals surface area (Å²) in [5.41, 5.74) is 0.307. The SMILES string of the molecule is O=C(CN1CCN(S(=O)(=O)c2cccc([N+](=O)[O-])c2)CC1)Nc1ccc2c(c1)OCO2. The minimum absolute atomic E-state index is 0.110. The van der Waals surface area contributed by atoms with Gasteiger partial charge in [0, 0.05) is 50.1 Å². The Balaban J connectivity index is 1.32. The highest BCUT2D eigenvalue weighted by Gasteiger charge is 2.30. The summed E-state index contributed by atoms with van der Waals surface area (Å²) in [5, 5.41) is 13.7. The van der Waals surface area contributed by atoms with Gasteiger partial charge < -0.3 is 14.8 Å². The van der Waals surface area contributed by atoms with Gasteiger partial charge in [-0.3, -0.25) is 19.8 Å². The Kier molecular flexibility index (Phi) is 5.76. The zero-order valence-corrected chi connectivity index (χ0v) is 17.2. The topological polar surface area (TPSA) is 131 Å². The maximum absolute atomic E-state index is 12.8. The molecule has 0 unspecified atom stereocenters. The van der Waals surface area contributed by atoms with Crippen molar-refractivity contribution in [1.29, 1.82) is 0 Å². The molecule has 0 atom stereocenters. The van der Waals surface area contributed by atoms with Crippen LogP contribution in [0.15, 0.2) is 47.4 Å². The Bertz CT molecular complexity index is 1110. The van der Waals surface area contributed by atoms with Gasteiger partial charge in [-0.2, -0.15) is 4.31 Å². The molecule has 31 heavy (non-hydrogen) atoms. The van der Waals surface area contributed by atoms with E-state index in [1.807, 2.05) is 4.90 Å². The molecule has 0 bridgehead atoms. The summed E-state index contributed by atoms with van der Waals surface area (Å²) < 4.78 is 37.4. The molecule has 2 heterocycles. The van der Waals surface area contributed by atoms with Crippen LogP contribution in [0.25, 0.3) is 0 Å². The van der Waals surface area contributed by atoms with Crippen molar-refractivity contribution >= 4 is 27.3 Å². The summed E-state index contributed by atoms with van der Waals surface area (Å²) in [7, 11) is -3.85. The summed E-state index contributed by atoms with van der Waals surface area (Å²) >= 11 is 0. The third-order valence-electron chi connectivity index (χ3n) is 5.02. The maximum Gasteiger partial charge on any atom is 0.270 e. The molecule has 2 aromatic rings. The van der Waals surface area contributed by atoms with Gasteiger partial charge in [0.1, 0.15) is 0 Å². The third-order valence-corrected chi connectivity index (χ3v) is 6.92. The fourth-order valence-electron chi connectivity index (χ4n) is 3.41. The van der Waals surface area contributed by atoms with Crippen LogP contribution in [0.3, 0.4) is 0 Å². The summed E-state index contributed by atoms with van der Waals surface area (Å²) in [6.07, 6.45) is 0. The van der Waals surface area contributed by atoms with Gasteiger partial charge in [0.25, 0.3) is 5.69 Å². The van der Waals surface area contributed by atoms with Crippen molar-refractivity contribution in [3.8, 4) is 11.5 Å². The van der Waals surface area contributed by atoms with Gasteiger partial charge in [0.05, 0.1) is 16.4 Å².